The van der Waals surface area contributed by atoms with Gasteiger partial charge in [0.05, 0.1) is 22.2 Å². The van der Waals surface area contributed by atoms with Gasteiger partial charge in [-0.25, -0.2) is 8.78 Å². The molecular weight excluding hydrogens is 414 g/mol. The molecule has 0 N–H and O–H groups in total. The van der Waals surface area contributed by atoms with Gasteiger partial charge in [0, 0.05) is 19.2 Å². The Morgan fingerprint density at radius 2 is 2.07 bits per heavy atom. The Hall–Kier alpha value is -3.17. The zero-order valence-electron chi connectivity index (χ0n) is 15.9. The van der Waals surface area contributed by atoms with Crippen LogP contribution in [0.15, 0.2) is 56.9 Å². The normalized spacial score (nSPS) is 12.2. The van der Waals surface area contributed by atoms with E-state index in [1.165, 1.54) is 10.6 Å². The average Bonchev–Trinajstić information content (AvgIpc) is 3.05. The van der Waals surface area contributed by atoms with E-state index in [-0.39, 0.29) is 34.4 Å². The van der Waals surface area contributed by atoms with Crippen LogP contribution in [0.1, 0.15) is 17.3 Å². The van der Waals surface area contributed by atoms with Crippen LogP contribution >= 0.6 is 11.3 Å². The third-order valence-corrected chi connectivity index (χ3v) is 5.49. The number of carbonyl (C=O) groups excluding carboxylic acids is 1. The van der Waals surface area contributed by atoms with Gasteiger partial charge >= 0.3 is 0 Å². The molecule has 0 aliphatic carbocycles. The molecule has 0 saturated heterocycles. The summed E-state index contributed by atoms with van der Waals surface area (Å²) in [5.74, 6) is -2.32. The first-order chi connectivity index (χ1) is 14.5. The fourth-order valence-electron chi connectivity index (χ4n) is 3.09. The van der Waals surface area contributed by atoms with E-state index in [0.29, 0.717) is 16.9 Å². The zero-order chi connectivity index (χ0) is 21.3. The predicted molar refractivity (Wildman–Crippen MR) is 109 cm³/mol. The second kappa shape index (κ2) is 8.29. The molecule has 4 rings (SSSR count). The Bertz CT molecular complexity index is 1390. The number of aromatic nitrogens is 1. The number of ether oxygens (including phenoxy) is 1. The average molecular weight is 430 g/mol. The molecular formula is C21H16F2N2O4S. The Labute approximate surface area is 172 Å². The number of amides is 1. The molecule has 2 aromatic heterocycles. The van der Waals surface area contributed by atoms with E-state index in [9.17, 15) is 18.4 Å². The van der Waals surface area contributed by atoms with Gasteiger partial charge in [-0.05, 0) is 25.1 Å². The van der Waals surface area contributed by atoms with Gasteiger partial charge in [-0.1, -0.05) is 23.5 Å². The number of nitrogens with zero attached hydrogens (tertiary/aromatic N) is 2. The molecule has 2 aromatic carbocycles. The predicted octanol–water partition coefficient (Wildman–Crippen LogP) is 3.87. The molecule has 0 bridgehead atoms. The minimum atomic E-state index is -0.827. The molecule has 2 heterocycles. The van der Waals surface area contributed by atoms with E-state index in [1.807, 2.05) is 6.92 Å². The van der Waals surface area contributed by atoms with Crippen molar-refractivity contribution in [3.8, 4) is 0 Å². The van der Waals surface area contributed by atoms with Gasteiger partial charge < -0.3 is 13.7 Å². The summed E-state index contributed by atoms with van der Waals surface area (Å²) in [6.45, 7) is 2.73. The Balaban J connectivity index is 1.86. The molecule has 0 spiro atoms. The summed E-state index contributed by atoms with van der Waals surface area (Å²) in [7, 11) is 0. The van der Waals surface area contributed by atoms with Crippen molar-refractivity contribution in [3.63, 3.8) is 0 Å². The van der Waals surface area contributed by atoms with Gasteiger partial charge in [0.15, 0.2) is 10.6 Å². The highest BCUT2D eigenvalue weighted by Crippen LogP contribution is 2.22. The fraction of sp³-hybridized carbons (Fsp3) is 0.190. The number of hydrogen-bond acceptors (Lipinski definition) is 5. The quantitative estimate of drug-likeness (QED) is 0.451. The first-order valence-corrected chi connectivity index (χ1v) is 9.97. The molecule has 1 amide bonds. The second-order valence-electron chi connectivity index (χ2n) is 6.36. The lowest BCUT2D eigenvalue weighted by Gasteiger charge is -2.06. The van der Waals surface area contributed by atoms with Crippen LogP contribution in [-0.4, -0.2) is 23.7 Å². The molecule has 9 heteroatoms. The van der Waals surface area contributed by atoms with E-state index in [2.05, 4.69) is 4.99 Å². The van der Waals surface area contributed by atoms with Crippen LogP contribution in [0.3, 0.4) is 0 Å². The Kier molecular flexibility index (Phi) is 5.56. The second-order valence-corrected chi connectivity index (χ2v) is 7.37. The van der Waals surface area contributed by atoms with Crippen molar-refractivity contribution in [2.75, 3.05) is 13.2 Å². The van der Waals surface area contributed by atoms with Crippen molar-refractivity contribution in [1.82, 2.24) is 4.57 Å². The lowest BCUT2D eigenvalue weighted by Crippen LogP contribution is -2.22. The van der Waals surface area contributed by atoms with Crippen molar-refractivity contribution in [3.05, 3.63) is 74.9 Å². The lowest BCUT2D eigenvalue weighted by molar-refractivity contribution is 0.0994. The number of rotatable bonds is 5. The standard InChI is InChI=1S/C21H16F2N2O4S/c1-2-28-8-7-25-18-15(23)9-12(22)10-17(18)30-21(25)24-20(27)14-11-29-16-6-4-3-5-13(16)19(14)26/h3-6,9-11H,2,7-8H2,1H3. The molecule has 0 fully saturated rings. The summed E-state index contributed by atoms with van der Waals surface area (Å²) >= 11 is 0.950. The highest BCUT2D eigenvalue weighted by Gasteiger charge is 2.17. The monoisotopic (exact) mass is 430 g/mol. The number of fused-ring (bicyclic) bond motifs is 2. The van der Waals surface area contributed by atoms with Crippen molar-refractivity contribution in [2.45, 2.75) is 13.5 Å². The maximum Gasteiger partial charge on any atom is 0.286 e. The van der Waals surface area contributed by atoms with Crippen LogP contribution in [0.5, 0.6) is 0 Å². The molecule has 0 radical (unpaired) electrons. The minimum absolute atomic E-state index is 0.123. The fourth-order valence-corrected chi connectivity index (χ4v) is 4.19. The summed E-state index contributed by atoms with van der Waals surface area (Å²) in [4.78, 5) is 29.6. The topological polar surface area (TPSA) is 73.8 Å². The van der Waals surface area contributed by atoms with Gasteiger partial charge in [0.25, 0.3) is 5.91 Å². The smallest absolute Gasteiger partial charge is 0.286 e. The van der Waals surface area contributed by atoms with Crippen LogP contribution in [0.4, 0.5) is 8.78 Å². The molecule has 0 aliphatic rings. The van der Waals surface area contributed by atoms with E-state index in [4.69, 9.17) is 9.15 Å². The summed E-state index contributed by atoms with van der Waals surface area (Å²) < 4.78 is 40.5. The maximum atomic E-state index is 14.4. The molecule has 0 saturated carbocycles. The maximum absolute atomic E-state index is 14.4. The van der Waals surface area contributed by atoms with Crippen LogP contribution in [-0.2, 0) is 11.3 Å². The molecule has 6 nitrogen and oxygen atoms in total. The first-order valence-electron chi connectivity index (χ1n) is 9.15. The third-order valence-electron chi connectivity index (χ3n) is 4.47. The van der Waals surface area contributed by atoms with Crippen molar-refractivity contribution < 1.29 is 22.7 Å². The van der Waals surface area contributed by atoms with E-state index in [0.717, 1.165) is 23.7 Å². The van der Waals surface area contributed by atoms with Crippen LogP contribution in [0.25, 0.3) is 21.2 Å². The first kappa shape index (κ1) is 20.1. The number of halogens is 2. The number of para-hydroxylation sites is 1. The summed E-state index contributed by atoms with van der Waals surface area (Å²) in [5, 5.41) is 0.257. The molecule has 30 heavy (non-hydrogen) atoms. The third kappa shape index (κ3) is 3.69. The van der Waals surface area contributed by atoms with Gasteiger partial charge in [-0.3, -0.25) is 9.59 Å². The van der Waals surface area contributed by atoms with Crippen LogP contribution in [0.2, 0.25) is 0 Å². The summed E-state index contributed by atoms with van der Waals surface area (Å²) in [6, 6.07) is 8.49. The van der Waals surface area contributed by atoms with Crippen LogP contribution < -0.4 is 10.2 Å². The van der Waals surface area contributed by atoms with Gasteiger partial charge in [0.2, 0.25) is 5.43 Å². The Morgan fingerprint density at radius 1 is 1.27 bits per heavy atom. The van der Waals surface area contributed by atoms with E-state index < -0.39 is 23.0 Å². The van der Waals surface area contributed by atoms with Crippen molar-refractivity contribution >= 4 is 38.4 Å². The van der Waals surface area contributed by atoms with Gasteiger partial charge in [0.1, 0.15) is 23.2 Å². The SMILES string of the molecule is CCOCCn1c(=NC(=O)c2coc3ccccc3c2=O)sc2cc(F)cc(F)c21. The molecule has 0 unspecified atom stereocenters. The zero-order valence-corrected chi connectivity index (χ0v) is 16.7. The molecule has 0 atom stereocenters. The lowest BCUT2D eigenvalue weighted by atomic mass is 10.2. The van der Waals surface area contributed by atoms with E-state index in [1.54, 1.807) is 24.3 Å². The number of hydrogen-bond donors (Lipinski definition) is 0. The summed E-state index contributed by atoms with van der Waals surface area (Å²) in [6.07, 6.45) is 1.06. The highest BCUT2D eigenvalue weighted by atomic mass is 32.1. The van der Waals surface area contributed by atoms with Gasteiger partial charge in [-0.15, -0.1) is 0 Å². The Morgan fingerprint density at radius 3 is 2.87 bits per heavy atom. The molecule has 4 aromatic rings. The number of benzene rings is 2. The highest BCUT2D eigenvalue weighted by molar-refractivity contribution is 7.16. The summed E-state index contributed by atoms with van der Waals surface area (Å²) in [5.41, 5.74) is -0.276. The van der Waals surface area contributed by atoms with E-state index >= 15 is 0 Å². The van der Waals surface area contributed by atoms with Crippen molar-refractivity contribution in [2.24, 2.45) is 4.99 Å². The van der Waals surface area contributed by atoms with Crippen LogP contribution in [0, 0.1) is 11.6 Å². The minimum Gasteiger partial charge on any atom is -0.463 e. The van der Waals surface area contributed by atoms with Gasteiger partial charge in [-0.2, -0.15) is 4.99 Å². The number of thiazole rings is 1. The molecule has 0 aliphatic heterocycles. The van der Waals surface area contributed by atoms with Crippen molar-refractivity contribution in [1.29, 1.82) is 0 Å². The molecule has 154 valence electrons. The number of carbonyl (C=O) groups is 1. The largest absolute Gasteiger partial charge is 0.463 e.